The highest BCUT2D eigenvalue weighted by atomic mass is 19.4. The summed E-state index contributed by atoms with van der Waals surface area (Å²) in [6.45, 7) is -0.955. The van der Waals surface area contributed by atoms with Crippen molar-refractivity contribution in [2.24, 2.45) is 5.92 Å². The fourth-order valence-corrected chi connectivity index (χ4v) is 3.70. The van der Waals surface area contributed by atoms with Gasteiger partial charge in [-0.05, 0) is 35.7 Å². The number of aliphatic carboxylic acids is 1. The number of benzene rings is 1. The topological polar surface area (TPSA) is 106 Å². The van der Waals surface area contributed by atoms with Crippen molar-refractivity contribution in [2.45, 2.75) is 32.0 Å². The van der Waals surface area contributed by atoms with E-state index in [2.05, 4.69) is 5.32 Å². The van der Waals surface area contributed by atoms with Crippen molar-refractivity contribution in [1.29, 1.82) is 0 Å². The maximum atomic E-state index is 13.0. The third-order valence-corrected chi connectivity index (χ3v) is 5.18. The molecule has 1 aromatic carbocycles. The summed E-state index contributed by atoms with van der Waals surface area (Å²) in [6, 6.07) is 9.89. The summed E-state index contributed by atoms with van der Waals surface area (Å²) < 4.78 is 45.4. The number of hydrogen-bond acceptors (Lipinski definition) is 5. The summed E-state index contributed by atoms with van der Waals surface area (Å²) in [5, 5.41) is 23.6. The van der Waals surface area contributed by atoms with Gasteiger partial charge in [-0.3, -0.25) is 14.9 Å². The smallest absolute Gasteiger partial charge is 0.406 e. The van der Waals surface area contributed by atoms with Gasteiger partial charge in [0.25, 0.3) is 5.82 Å². The van der Waals surface area contributed by atoms with Crippen LogP contribution in [0.3, 0.4) is 0 Å². The number of aromatic nitrogens is 1. The molecule has 0 saturated heterocycles. The van der Waals surface area contributed by atoms with Crippen molar-refractivity contribution in [3.05, 3.63) is 58.9 Å². The van der Waals surface area contributed by atoms with Crippen LogP contribution < -0.4 is 14.8 Å². The number of pyridine rings is 1. The van der Waals surface area contributed by atoms with Crippen molar-refractivity contribution in [2.75, 3.05) is 25.0 Å². The number of nitrogens with zero attached hydrogens (tertiary/aromatic N) is 2. The Labute approximate surface area is 188 Å². The number of nitrogens with one attached hydrogen (secondary N) is 1. The van der Waals surface area contributed by atoms with Crippen molar-refractivity contribution in [1.82, 2.24) is 4.90 Å². The van der Waals surface area contributed by atoms with E-state index in [-0.39, 0.29) is 13.0 Å². The summed E-state index contributed by atoms with van der Waals surface area (Å²) in [5.41, 5.74) is 1.12. The SMILES string of the molecule is O=C(O)C[C@@H]1Cc2ccc(OCCCNc3cccc[n+]3[O-])cc2CN(CC(F)(F)F)C1=O. The van der Waals surface area contributed by atoms with Gasteiger partial charge in [0.15, 0.2) is 0 Å². The molecule has 1 amide bonds. The van der Waals surface area contributed by atoms with E-state index in [1.165, 1.54) is 6.20 Å². The molecular formula is C22H24F3N3O5. The first-order valence-electron chi connectivity index (χ1n) is 10.4. The lowest BCUT2D eigenvalue weighted by molar-refractivity contribution is -0.590. The van der Waals surface area contributed by atoms with Crippen molar-refractivity contribution < 1.29 is 37.3 Å². The van der Waals surface area contributed by atoms with Gasteiger partial charge >= 0.3 is 12.1 Å². The Kier molecular flexibility index (Phi) is 7.62. The Hall–Kier alpha value is -3.50. The predicted molar refractivity (Wildman–Crippen MR) is 111 cm³/mol. The molecule has 0 bridgehead atoms. The van der Waals surface area contributed by atoms with Crippen molar-refractivity contribution in [3.8, 4) is 5.75 Å². The van der Waals surface area contributed by atoms with Crippen LogP contribution in [0.4, 0.5) is 19.0 Å². The number of carboxylic acid groups (broad SMARTS) is 1. The minimum Gasteiger partial charge on any atom is -0.711 e. The van der Waals surface area contributed by atoms with E-state index >= 15 is 0 Å². The van der Waals surface area contributed by atoms with Gasteiger partial charge in [0, 0.05) is 19.0 Å². The number of anilines is 1. The van der Waals surface area contributed by atoms with E-state index in [4.69, 9.17) is 9.84 Å². The number of carbonyl (C=O) groups is 2. The summed E-state index contributed by atoms with van der Waals surface area (Å²) >= 11 is 0. The molecule has 1 aliphatic heterocycles. The third-order valence-electron chi connectivity index (χ3n) is 5.18. The second kappa shape index (κ2) is 10.4. The Morgan fingerprint density at radius 2 is 2.06 bits per heavy atom. The molecule has 0 spiro atoms. The summed E-state index contributed by atoms with van der Waals surface area (Å²) in [5.74, 6) is -2.28. The third kappa shape index (κ3) is 6.99. The standard InChI is InChI=1S/C22H24F3N3O5/c23-22(24,25)14-27-13-17-11-18(6-5-15(17)10-16(21(27)31)12-20(29)30)33-9-3-7-26-19-4-1-2-8-28(19)32/h1-2,4-6,8,11,16,26H,3,7,9-10,12-14H2,(H,29,30)/t16-/m0/s1. The molecule has 0 unspecified atom stereocenters. The van der Waals surface area contributed by atoms with E-state index in [9.17, 15) is 28.0 Å². The molecule has 2 heterocycles. The summed E-state index contributed by atoms with van der Waals surface area (Å²) in [4.78, 5) is 24.4. The zero-order valence-electron chi connectivity index (χ0n) is 17.7. The molecule has 33 heavy (non-hydrogen) atoms. The molecular weight excluding hydrogens is 443 g/mol. The Morgan fingerprint density at radius 1 is 1.27 bits per heavy atom. The molecule has 0 aliphatic carbocycles. The average Bonchev–Trinajstić information content (AvgIpc) is 2.84. The molecule has 0 saturated carbocycles. The van der Waals surface area contributed by atoms with Gasteiger partial charge in [-0.25, -0.2) is 4.73 Å². The fourth-order valence-electron chi connectivity index (χ4n) is 3.70. The maximum Gasteiger partial charge on any atom is 0.406 e. The number of carbonyl (C=O) groups excluding carboxylic acids is 1. The first-order valence-corrected chi connectivity index (χ1v) is 10.4. The van der Waals surface area contributed by atoms with E-state index in [0.29, 0.717) is 51.9 Å². The average molecular weight is 467 g/mol. The number of alkyl halides is 3. The lowest BCUT2D eigenvalue weighted by Crippen LogP contribution is -2.41. The zero-order chi connectivity index (χ0) is 24.0. The number of amides is 1. The highest BCUT2D eigenvalue weighted by molar-refractivity contribution is 5.84. The van der Waals surface area contributed by atoms with Crippen LogP contribution in [-0.4, -0.2) is 47.8 Å². The van der Waals surface area contributed by atoms with Gasteiger partial charge in [0.05, 0.1) is 31.7 Å². The molecule has 11 heteroatoms. The van der Waals surface area contributed by atoms with Crippen LogP contribution in [0.25, 0.3) is 0 Å². The number of ether oxygens (including phenoxy) is 1. The molecule has 3 rings (SSSR count). The van der Waals surface area contributed by atoms with Crippen LogP contribution in [0.1, 0.15) is 24.0 Å². The number of fused-ring (bicyclic) bond motifs is 1. The van der Waals surface area contributed by atoms with Gasteiger partial charge in [-0.1, -0.05) is 12.1 Å². The first-order chi connectivity index (χ1) is 15.6. The lowest BCUT2D eigenvalue weighted by atomic mass is 9.94. The normalized spacial score (nSPS) is 16.2. The van der Waals surface area contributed by atoms with E-state index in [0.717, 1.165) is 0 Å². The van der Waals surface area contributed by atoms with Crippen LogP contribution in [0.2, 0.25) is 0 Å². The number of carboxylic acids is 1. The molecule has 1 aliphatic rings. The maximum absolute atomic E-state index is 13.0. The van der Waals surface area contributed by atoms with Crippen molar-refractivity contribution in [3.63, 3.8) is 0 Å². The van der Waals surface area contributed by atoms with Gasteiger partial charge in [-0.2, -0.15) is 13.2 Å². The Morgan fingerprint density at radius 3 is 2.76 bits per heavy atom. The molecule has 1 atom stereocenters. The van der Waals surface area contributed by atoms with Crippen LogP contribution in [0, 0.1) is 11.1 Å². The Balaban J connectivity index is 1.64. The largest absolute Gasteiger partial charge is 0.711 e. The monoisotopic (exact) mass is 467 g/mol. The van der Waals surface area contributed by atoms with E-state index in [1.54, 1.807) is 36.4 Å². The molecule has 0 fully saturated rings. The summed E-state index contributed by atoms with van der Waals surface area (Å²) in [7, 11) is 0. The van der Waals surface area contributed by atoms with E-state index < -0.39 is 36.9 Å². The molecule has 2 N–H and O–H groups in total. The molecule has 0 radical (unpaired) electrons. The van der Waals surface area contributed by atoms with Crippen LogP contribution in [0.5, 0.6) is 5.75 Å². The second-order valence-electron chi connectivity index (χ2n) is 7.78. The lowest BCUT2D eigenvalue weighted by Gasteiger charge is -2.25. The molecule has 178 valence electrons. The van der Waals surface area contributed by atoms with Crippen LogP contribution in [0.15, 0.2) is 42.6 Å². The van der Waals surface area contributed by atoms with Gasteiger partial charge in [0.1, 0.15) is 12.3 Å². The minimum atomic E-state index is -4.60. The van der Waals surface area contributed by atoms with Crippen molar-refractivity contribution >= 4 is 17.7 Å². The fraction of sp³-hybridized carbons (Fsp3) is 0.409. The Bertz CT molecular complexity index is 999. The second-order valence-corrected chi connectivity index (χ2v) is 7.78. The predicted octanol–water partition coefficient (Wildman–Crippen LogP) is 2.74. The number of hydrogen-bond donors (Lipinski definition) is 2. The molecule has 1 aromatic heterocycles. The van der Waals surface area contributed by atoms with E-state index in [1.807, 2.05) is 0 Å². The highest BCUT2D eigenvalue weighted by Crippen LogP contribution is 2.30. The minimum absolute atomic E-state index is 0.0469. The zero-order valence-corrected chi connectivity index (χ0v) is 17.7. The van der Waals surface area contributed by atoms with Gasteiger partial charge in [0.2, 0.25) is 5.91 Å². The molecule has 2 aromatic rings. The van der Waals surface area contributed by atoms with Gasteiger partial charge < -0.3 is 20.0 Å². The van der Waals surface area contributed by atoms with Crippen LogP contribution in [-0.2, 0) is 22.6 Å². The molecule has 8 nitrogen and oxygen atoms in total. The van der Waals surface area contributed by atoms with Gasteiger partial charge in [-0.15, -0.1) is 0 Å². The first kappa shape index (κ1) is 24.1. The highest BCUT2D eigenvalue weighted by Gasteiger charge is 2.38. The number of halogens is 3. The number of rotatable bonds is 9. The quantitative estimate of drug-likeness (QED) is 0.334. The van der Waals surface area contributed by atoms with Crippen LogP contribution >= 0.6 is 0 Å². The summed E-state index contributed by atoms with van der Waals surface area (Å²) in [6.07, 6.45) is -3.16.